The van der Waals surface area contributed by atoms with E-state index in [0.29, 0.717) is 11.5 Å². The molecule has 0 bridgehead atoms. The summed E-state index contributed by atoms with van der Waals surface area (Å²) in [7, 11) is 3.20. The third-order valence-electron chi connectivity index (χ3n) is 7.72. The molecule has 226 valence electrons. The van der Waals surface area contributed by atoms with Crippen LogP contribution in [0.3, 0.4) is 0 Å². The second-order valence-corrected chi connectivity index (χ2v) is 10.2. The zero-order chi connectivity index (χ0) is 30.7. The van der Waals surface area contributed by atoms with Gasteiger partial charge in [0, 0.05) is 6.20 Å². The first-order valence-electron chi connectivity index (χ1n) is 13.9. The number of ether oxygens (including phenoxy) is 4. The van der Waals surface area contributed by atoms with E-state index in [0.717, 1.165) is 21.3 Å². The van der Waals surface area contributed by atoms with E-state index in [1.807, 2.05) is 78.9 Å². The van der Waals surface area contributed by atoms with Crippen molar-refractivity contribution in [3.8, 4) is 17.3 Å². The van der Waals surface area contributed by atoms with Gasteiger partial charge in [-0.1, -0.05) is 54.6 Å². The lowest BCUT2D eigenvalue weighted by Gasteiger charge is -2.37. The fraction of sp³-hybridized carbons (Fsp3) is 0.250. The second kappa shape index (κ2) is 12.4. The Morgan fingerprint density at radius 2 is 1.45 bits per heavy atom. The summed E-state index contributed by atoms with van der Waals surface area (Å²) in [5, 5.41) is 26.0. The van der Waals surface area contributed by atoms with Gasteiger partial charge in [-0.2, -0.15) is 10.1 Å². The average Bonchev–Trinajstić information content (AvgIpc) is 3.71. The van der Waals surface area contributed by atoms with Crippen molar-refractivity contribution in [2.24, 2.45) is 0 Å². The monoisotopic (exact) mass is 597 g/mol. The highest BCUT2D eigenvalue weighted by Gasteiger charge is 2.46. The summed E-state index contributed by atoms with van der Waals surface area (Å²) >= 11 is 0. The van der Waals surface area contributed by atoms with Gasteiger partial charge in [-0.15, -0.1) is 0 Å². The van der Waals surface area contributed by atoms with Gasteiger partial charge in [-0.25, -0.2) is 14.5 Å². The van der Waals surface area contributed by atoms with E-state index in [-0.39, 0.29) is 12.4 Å². The summed E-state index contributed by atoms with van der Waals surface area (Å²) in [6.45, 7) is -0.138. The van der Waals surface area contributed by atoms with Gasteiger partial charge in [0.25, 0.3) is 0 Å². The maximum Gasteiger partial charge on any atom is 0.351 e. The van der Waals surface area contributed by atoms with E-state index in [1.165, 1.54) is 29.6 Å². The smallest absolute Gasteiger partial charge is 0.351 e. The van der Waals surface area contributed by atoms with Crippen molar-refractivity contribution < 1.29 is 29.2 Å². The van der Waals surface area contributed by atoms with Gasteiger partial charge in [0.2, 0.25) is 0 Å². The van der Waals surface area contributed by atoms with E-state index in [9.17, 15) is 15.0 Å². The Kier molecular flexibility index (Phi) is 8.22. The number of hydrogen-bond donors (Lipinski definition) is 2. The van der Waals surface area contributed by atoms with Crippen LogP contribution in [0.25, 0.3) is 5.82 Å². The summed E-state index contributed by atoms with van der Waals surface area (Å²) in [5.41, 5.74) is 0.561. The van der Waals surface area contributed by atoms with Gasteiger partial charge < -0.3 is 29.2 Å². The zero-order valence-electron chi connectivity index (χ0n) is 24.0. The molecule has 0 spiro atoms. The largest absolute Gasteiger partial charge is 0.497 e. The molecular formula is C32H31N5O7. The van der Waals surface area contributed by atoms with Gasteiger partial charge in [0.05, 0.1) is 20.8 Å². The first-order valence-corrected chi connectivity index (χ1v) is 13.9. The van der Waals surface area contributed by atoms with E-state index in [4.69, 9.17) is 18.9 Å². The molecule has 3 heterocycles. The van der Waals surface area contributed by atoms with Crippen LogP contribution >= 0.6 is 0 Å². The fourth-order valence-electron chi connectivity index (χ4n) is 5.43. The first-order chi connectivity index (χ1) is 21.4. The molecule has 2 N–H and O–H groups in total. The van der Waals surface area contributed by atoms with Crippen LogP contribution in [0.4, 0.5) is 0 Å². The van der Waals surface area contributed by atoms with Gasteiger partial charge in [0.15, 0.2) is 12.0 Å². The third-order valence-corrected chi connectivity index (χ3v) is 7.72. The van der Waals surface area contributed by atoms with Crippen LogP contribution in [0.5, 0.6) is 11.5 Å². The fourth-order valence-corrected chi connectivity index (χ4v) is 5.43. The molecule has 3 aromatic carbocycles. The number of benzene rings is 3. The molecular weight excluding hydrogens is 566 g/mol. The molecule has 1 fully saturated rings. The third kappa shape index (κ3) is 5.35. The van der Waals surface area contributed by atoms with Gasteiger partial charge in [0.1, 0.15) is 48.1 Å². The van der Waals surface area contributed by atoms with E-state index >= 15 is 0 Å². The van der Waals surface area contributed by atoms with Crippen molar-refractivity contribution in [2.45, 2.75) is 30.1 Å². The molecule has 12 heteroatoms. The highest BCUT2D eigenvalue weighted by Crippen LogP contribution is 2.42. The molecule has 4 atom stereocenters. The quantitative estimate of drug-likeness (QED) is 0.231. The lowest BCUT2D eigenvalue weighted by Crippen LogP contribution is -2.39. The highest BCUT2D eigenvalue weighted by molar-refractivity contribution is 5.49. The van der Waals surface area contributed by atoms with Gasteiger partial charge >= 0.3 is 5.69 Å². The Balaban J connectivity index is 1.35. The van der Waals surface area contributed by atoms with E-state index < -0.39 is 35.8 Å². The maximum absolute atomic E-state index is 12.9. The van der Waals surface area contributed by atoms with Crippen LogP contribution < -0.4 is 15.2 Å². The molecule has 0 unspecified atom stereocenters. The standard InChI is InChI=1S/C32H31N5O7/c1-41-24-12-8-22(9-13-24)32(21-6-4-3-5-7-21,23-10-14-25(42-2)15-11-23)43-18-26-28(38)29(39)30(44-26)36-17-16-27(35-31(36)40)37-20-33-19-34-37/h3-17,19-20,26,28-30,38-39H,18H2,1-2H3/t26-,28-,29-,30-/m1/s1. The second-order valence-electron chi connectivity index (χ2n) is 10.2. The molecule has 0 aliphatic carbocycles. The Bertz CT molecular complexity index is 1680. The predicted octanol–water partition coefficient (Wildman–Crippen LogP) is 2.47. The van der Waals surface area contributed by atoms with Crippen LogP contribution in [0.2, 0.25) is 0 Å². The summed E-state index contributed by atoms with van der Waals surface area (Å²) in [5.74, 6) is 1.61. The minimum atomic E-state index is -1.42. The number of rotatable bonds is 10. The number of nitrogens with zero attached hydrogens (tertiary/aromatic N) is 5. The van der Waals surface area contributed by atoms with Crippen LogP contribution in [0, 0.1) is 0 Å². The SMILES string of the molecule is COc1ccc(C(OC[C@H]2O[C@@H](n3ccc(-n4cncn4)nc3=O)[C@H](O)[C@@H]2O)(c2ccccc2)c2ccc(OC)cc2)cc1. The predicted molar refractivity (Wildman–Crippen MR) is 158 cm³/mol. The van der Waals surface area contributed by atoms with Gasteiger partial charge in [-0.3, -0.25) is 4.57 Å². The molecule has 1 aliphatic rings. The Labute approximate surface area is 252 Å². The molecule has 0 amide bonds. The normalized spacial score (nSPS) is 20.0. The van der Waals surface area contributed by atoms with E-state index in [2.05, 4.69) is 15.1 Å². The molecule has 2 aromatic heterocycles. The average molecular weight is 598 g/mol. The highest BCUT2D eigenvalue weighted by atomic mass is 16.6. The van der Waals surface area contributed by atoms with E-state index in [1.54, 1.807) is 14.2 Å². The first kappa shape index (κ1) is 29.2. The lowest BCUT2D eigenvalue weighted by atomic mass is 9.80. The minimum absolute atomic E-state index is 0.138. The number of aliphatic hydroxyl groups is 2. The summed E-state index contributed by atoms with van der Waals surface area (Å²) < 4.78 is 26.2. The lowest BCUT2D eigenvalue weighted by molar-refractivity contribution is -0.0958. The van der Waals surface area contributed by atoms with Crippen LogP contribution in [-0.4, -0.2) is 73.7 Å². The van der Waals surface area contributed by atoms with Crippen molar-refractivity contribution in [1.82, 2.24) is 24.3 Å². The number of aromatic nitrogens is 5. The minimum Gasteiger partial charge on any atom is -0.497 e. The Morgan fingerprint density at radius 1 is 0.841 bits per heavy atom. The number of hydrogen-bond acceptors (Lipinski definition) is 10. The summed E-state index contributed by atoms with van der Waals surface area (Å²) in [6, 6.07) is 26.3. The Morgan fingerprint density at radius 3 is 2.00 bits per heavy atom. The van der Waals surface area contributed by atoms with Crippen molar-refractivity contribution in [3.63, 3.8) is 0 Å². The summed E-state index contributed by atoms with van der Waals surface area (Å²) in [6.07, 6.45) is -0.803. The summed E-state index contributed by atoms with van der Waals surface area (Å²) in [4.78, 5) is 20.8. The van der Waals surface area contributed by atoms with Crippen LogP contribution in [-0.2, 0) is 15.1 Å². The maximum atomic E-state index is 12.9. The topological polar surface area (TPSA) is 143 Å². The number of aliphatic hydroxyl groups excluding tert-OH is 2. The van der Waals surface area contributed by atoms with Crippen molar-refractivity contribution in [1.29, 1.82) is 0 Å². The van der Waals surface area contributed by atoms with Crippen LogP contribution in [0.1, 0.15) is 22.9 Å². The van der Waals surface area contributed by atoms with Crippen LogP contribution in [0.15, 0.2) is 109 Å². The van der Waals surface area contributed by atoms with Gasteiger partial charge in [-0.05, 0) is 47.0 Å². The molecule has 0 radical (unpaired) electrons. The molecule has 44 heavy (non-hydrogen) atoms. The molecule has 1 aliphatic heterocycles. The Hall–Kier alpha value is -4.88. The molecule has 1 saturated heterocycles. The zero-order valence-corrected chi connectivity index (χ0v) is 24.0. The van der Waals surface area contributed by atoms with Crippen molar-refractivity contribution >= 4 is 0 Å². The van der Waals surface area contributed by atoms with Crippen molar-refractivity contribution in [3.05, 3.63) is 131 Å². The molecule has 6 rings (SSSR count). The molecule has 12 nitrogen and oxygen atoms in total. The number of methoxy groups -OCH3 is 2. The molecule has 5 aromatic rings. The molecule has 0 saturated carbocycles. The van der Waals surface area contributed by atoms with Crippen molar-refractivity contribution in [2.75, 3.05) is 20.8 Å².